The molecular formula is C35H33ClN4O7. The molecule has 0 spiro atoms. The number of urea groups is 1. The number of hydrogen-bond acceptors (Lipinski definition) is 8. The number of nitrogens with one attached hydrogen (secondary N) is 3. The second-order valence-corrected chi connectivity index (χ2v) is 10.8. The lowest BCUT2D eigenvalue weighted by Gasteiger charge is -2.28. The van der Waals surface area contributed by atoms with Gasteiger partial charge < -0.3 is 29.6 Å². The number of carbonyl (C=O) groups is 3. The fourth-order valence-corrected chi connectivity index (χ4v) is 5.15. The average molecular weight is 657 g/mol. The number of hydrogen-bond donors (Lipinski definition) is 3. The maximum Gasteiger partial charge on any atom is 0.338 e. The number of carbonyl (C=O) groups excluding carboxylic acids is 3. The Kier molecular flexibility index (Phi) is 10.6. The molecule has 242 valence electrons. The largest absolute Gasteiger partial charge is 0.493 e. The van der Waals surface area contributed by atoms with E-state index >= 15 is 0 Å². The Morgan fingerprint density at radius 1 is 0.979 bits per heavy atom. The summed E-state index contributed by atoms with van der Waals surface area (Å²) in [5.74, 6) is 0.109. The summed E-state index contributed by atoms with van der Waals surface area (Å²) < 4.78 is 22.5. The Bertz CT molecular complexity index is 1860. The monoisotopic (exact) mass is 656 g/mol. The maximum absolute atomic E-state index is 12.7. The minimum absolute atomic E-state index is 0.180. The number of hydrazone groups is 1. The molecule has 0 aromatic heterocycles. The van der Waals surface area contributed by atoms with E-state index in [1.165, 1.54) is 13.3 Å². The second kappa shape index (κ2) is 15.2. The van der Waals surface area contributed by atoms with Crippen LogP contribution in [0.3, 0.4) is 0 Å². The third kappa shape index (κ3) is 8.00. The van der Waals surface area contributed by atoms with Crippen molar-refractivity contribution < 1.29 is 33.3 Å². The van der Waals surface area contributed by atoms with Gasteiger partial charge in [-0.05, 0) is 66.1 Å². The van der Waals surface area contributed by atoms with Gasteiger partial charge in [0.05, 0.1) is 31.5 Å². The van der Waals surface area contributed by atoms with Gasteiger partial charge in [-0.3, -0.25) is 4.79 Å². The van der Waals surface area contributed by atoms with Gasteiger partial charge in [-0.2, -0.15) is 5.10 Å². The number of fused-ring (bicyclic) bond motifs is 1. The summed E-state index contributed by atoms with van der Waals surface area (Å²) in [4.78, 5) is 37.6. The number of halogens is 1. The van der Waals surface area contributed by atoms with Gasteiger partial charge in [0.25, 0.3) is 5.91 Å². The van der Waals surface area contributed by atoms with Crippen LogP contribution < -0.4 is 30.3 Å². The van der Waals surface area contributed by atoms with Crippen molar-refractivity contribution in [1.82, 2.24) is 16.1 Å². The molecule has 0 radical (unpaired) electrons. The summed E-state index contributed by atoms with van der Waals surface area (Å²) in [7, 11) is 1.45. The third-order valence-corrected chi connectivity index (χ3v) is 7.52. The summed E-state index contributed by atoms with van der Waals surface area (Å²) in [6, 6.07) is 22.7. The van der Waals surface area contributed by atoms with Crippen LogP contribution in [-0.4, -0.2) is 44.4 Å². The highest BCUT2D eigenvalue weighted by Crippen LogP contribution is 2.35. The van der Waals surface area contributed by atoms with Crippen molar-refractivity contribution in [2.45, 2.75) is 26.5 Å². The zero-order valence-electron chi connectivity index (χ0n) is 26.0. The summed E-state index contributed by atoms with van der Waals surface area (Å²) in [5.41, 5.74) is 5.36. The molecule has 0 saturated heterocycles. The van der Waals surface area contributed by atoms with E-state index in [2.05, 4.69) is 21.2 Å². The van der Waals surface area contributed by atoms with Crippen LogP contribution in [0.25, 0.3) is 10.8 Å². The summed E-state index contributed by atoms with van der Waals surface area (Å²) in [6.45, 7) is 3.47. The molecule has 3 N–H and O–H groups in total. The molecule has 0 saturated carbocycles. The van der Waals surface area contributed by atoms with E-state index in [1.807, 2.05) is 48.5 Å². The van der Waals surface area contributed by atoms with E-state index < -0.39 is 23.9 Å². The van der Waals surface area contributed by atoms with Crippen molar-refractivity contribution >= 4 is 46.5 Å². The molecular weight excluding hydrogens is 624 g/mol. The van der Waals surface area contributed by atoms with Crippen LogP contribution in [0.4, 0.5) is 4.79 Å². The van der Waals surface area contributed by atoms with E-state index in [1.54, 1.807) is 44.2 Å². The van der Waals surface area contributed by atoms with Gasteiger partial charge in [-0.25, -0.2) is 15.0 Å². The zero-order chi connectivity index (χ0) is 33.3. The molecule has 4 aromatic carbocycles. The van der Waals surface area contributed by atoms with Gasteiger partial charge in [0.15, 0.2) is 18.1 Å². The quantitative estimate of drug-likeness (QED) is 0.0996. The van der Waals surface area contributed by atoms with Crippen LogP contribution >= 0.6 is 11.6 Å². The van der Waals surface area contributed by atoms with Gasteiger partial charge in [0, 0.05) is 16.3 Å². The molecule has 1 heterocycles. The third-order valence-electron chi connectivity index (χ3n) is 7.27. The Hall–Kier alpha value is -5.55. The number of methoxy groups -OCH3 is 1. The number of esters is 1. The smallest absolute Gasteiger partial charge is 0.338 e. The highest BCUT2D eigenvalue weighted by atomic mass is 35.5. The Morgan fingerprint density at radius 2 is 1.74 bits per heavy atom. The molecule has 3 amide bonds. The predicted octanol–water partition coefficient (Wildman–Crippen LogP) is 5.80. The Morgan fingerprint density at radius 3 is 2.51 bits per heavy atom. The number of ether oxygens (including phenoxy) is 4. The Labute approximate surface area is 276 Å². The van der Waals surface area contributed by atoms with E-state index in [-0.39, 0.29) is 24.5 Å². The molecule has 0 fully saturated rings. The van der Waals surface area contributed by atoms with Gasteiger partial charge in [0.1, 0.15) is 12.4 Å². The molecule has 47 heavy (non-hydrogen) atoms. The first-order valence-corrected chi connectivity index (χ1v) is 15.1. The Balaban J connectivity index is 1.26. The van der Waals surface area contributed by atoms with E-state index in [4.69, 9.17) is 30.5 Å². The minimum atomic E-state index is -0.780. The molecule has 0 bridgehead atoms. The van der Waals surface area contributed by atoms with E-state index in [9.17, 15) is 14.4 Å². The van der Waals surface area contributed by atoms with Gasteiger partial charge >= 0.3 is 12.0 Å². The van der Waals surface area contributed by atoms with Crippen LogP contribution in [-0.2, 0) is 20.9 Å². The minimum Gasteiger partial charge on any atom is -0.493 e. The van der Waals surface area contributed by atoms with E-state index in [0.29, 0.717) is 40.0 Å². The summed E-state index contributed by atoms with van der Waals surface area (Å²) in [6.07, 6.45) is 1.54. The normalized spacial score (nSPS) is 14.4. The van der Waals surface area contributed by atoms with Crippen LogP contribution in [0.2, 0.25) is 5.02 Å². The van der Waals surface area contributed by atoms with Crippen molar-refractivity contribution in [3.63, 3.8) is 0 Å². The van der Waals surface area contributed by atoms with Crippen LogP contribution in [0, 0.1) is 0 Å². The first-order chi connectivity index (χ1) is 22.8. The van der Waals surface area contributed by atoms with Crippen LogP contribution in [0.15, 0.2) is 95.2 Å². The van der Waals surface area contributed by atoms with Gasteiger partial charge in [-0.1, -0.05) is 60.1 Å². The number of nitrogens with zero attached hydrogens (tertiary/aromatic N) is 1. The molecule has 5 rings (SSSR count). The van der Waals surface area contributed by atoms with Crippen molar-refractivity contribution in [3.05, 3.63) is 112 Å². The van der Waals surface area contributed by atoms with Crippen molar-refractivity contribution in [2.24, 2.45) is 5.10 Å². The lowest BCUT2D eigenvalue weighted by atomic mass is 9.95. The molecule has 0 unspecified atom stereocenters. The summed E-state index contributed by atoms with van der Waals surface area (Å²) >= 11 is 6.00. The average Bonchev–Trinajstić information content (AvgIpc) is 3.07. The highest BCUT2D eigenvalue weighted by Gasteiger charge is 2.32. The first-order valence-electron chi connectivity index (χ1n) is 14.7. The van der Waals surface area contributed by atoms with Crippen molar-refractivity contribution in [2.75, 3.05) is 20.3 Å². The highest BCUT2D eigenvalue weighted by molar-refractivity contribution is 6.30. The fourth-order valence-electron chi connectivity index (χ4n) is 5.03. The lowest BCUT2D eigenvalue weighted by Crippen LogP contribution is -2.45. The molecule has 12 heteroatoms. The van der Waals surface area contributed by atoms with Crippen LogP contribution in [0.1, 0.15) is 36.6 Å². The molecule has 4 aromatic rings. The maximum atomic E-state index is 12.7. The van der Waals surface area contributed by atoms with Gasteiger partial charge in [-0.15, -0.1) is 0 Å². The first kappa shape index (κ1) is 32.8. The van der Waals surface area contributed by atoms with E-state index in [0.717, 1.165) is 16.3 Å². The lowest BCUT2D eigenvalue weighted by molar-refractivity contribution is -0.139. The number of rotatable bonds is 12. The standard InChI is InChI=1S/C35H33ClN4O7/c1-4-45-34(42)32-21(2)38-35(43)39-33(32)24-12-16-29(30(17-24)44-3)47-20-31(41)40-37-18-27-26-8-6-5-7-23(26)11-15-28(27)46-19-22-9-13-25(36)14-10-22/h5-18,33H,4,19-20H2,1-3H3,(H,40,41)(H2,38,39,43)/b37-18+/t33-/m0/s1. The fraction of sp³-hybridized carbons (Fsp3) is 0.200. The van der Waals surface area contributed by atoms with Gasteiger partial charge in [0.2, 0.25) is 0 Å². The molecule has 11 nitrogen and oxygen atoms in total. The molecule has 1 aliphatic heterocycles. The SMILES string of the molecule is CCOC(=O)C1=C(C)NC(=O)N[C@H]1c1ccc(OCC(=O)N/N=C/c2c(OCc3ccc(Cl)cc3)ccc3ccccc23)c(OC)c1. The zero-order valence-corrected chi connectivity index (χ0v) is 26.7. The summed E-state index contributed by atoms with van der Waals surface area (Å²) in [5, 5.41) is 12.1. The number of allylic oxidation sites excluding steroid dienone is 1. The topological polar surface area (TPSA) is 137 Å². The van der Waals surface area contributed by atoms with Crippen LogP contribution in [0.5, 0.6) is 17.2 Å². The molecule has 1 aliphatic rings. The number of benzene rings is 4. The molecule has 0 aliphatic carbocycles. The number of amides is 3. The molecule has 1 atom stereocenters. The van der Waals surface area contributed by atoms with Crippen molar-refractivity contribution in [1.29, 1.82) is 0 Å². The van der Waals surface area contributed by atoms with Crippen molar-refractivity contribution in [3.8, 4) is 17.2 Å². The second-order valence-electron chi connectivity index (χ2n) is 10.4. The predicted molar refractivity (Wildman–Crippen MR) is 178 cm³/mol.